The van der Waals surface area contributed by atoms with Crippen molar-refractivity contribution in [3.8, 4) is 0 Å². The Bertz CT molecular complexity index is 865. The van der Waals surface area contributed by atoms with Crippen molar-refractivity contribution in [2.24, 2.45) is 0 Å². The number of hydrogen-bond acceptors (Lipinski definition) is 3. The van der Waals surface area contributed by atoms with Crippen LogP contribution < -0.4 is 5.32 Å². The van der Waals surface area contributed by atoms with Crippen LogP contribution in [-0.4, -0.2) is 27.5 Å². The van der Waals surface area contributed by atoms with Crippen molar-refractivity contribution in [2.75, 3.05) is 0 Å². The van der Waals surface area contributed by atoms with Gasteiger partial charge in [-0.1, -0.05) is 48.5 Å². The quantitative estimate of drug-likeness (QED) is 0.896. The minimum Gasteiger partial charge on any atom is -0.348 e. The molecule has 2 aromatic rings. The Balaban J connectivity index is 1.62. The van der Waals surface area contributed by atoms with E-state index in [1.165, 1.54) is 0 Å². The van der Waals surface area contributed by atoms with Gasteiger partial charge in [-0.2, -0.15) is 0 Å². The van der Waals surface area contributed by atoms with E-state index in [0.717, 1.165) is 16.7 Å². The summed E-state index contributed by atoms with van der Waals surface area (Å²) in [7, 11) is 0. The van der Waals surface area contributed by atoms with Gasteiger partial charge < -0.3 is 10.2 Å². The summed E-state index contributed by atoms with van der Waals surface area (Å²) in [5, 5.41) is 3.02. The Morgan fingerprint density at radius 3 is 2.50 bits per heavy atom. The van der Waals surface area contributed by atoms with Crippen LogP contribution in [0.1, 0.15) is 53.7 Å². The highest BCUT2D eigenvalue weighted by Gasteiger charge is 2.57. The first-order valence-corrected chi connectivity index (χ1v) is 9.73. The first-order valence-electron chi connectivity index (χ1n) is 8.85. The number of nitrogens with zero attached hydrogens (tertiary/aromatic N) is 1. The summed E-state index contributed by atoms with van der Waals surface area (Å²) in [4.78, 5) is 27.9. The van der Waals surface area contributed by atoms with Crippen molar-refractivity contribution in [1.82, 2.24) is 10.2 Å². The lowest BCUT2D eigenvalue weighted by Gasteiger charge is -2.30. The van der Waals surface area contributed by atoms with Gasteiger partial charge in [-0.25, -0.2) is 0 Å². The molecular formula is C21H22N2O2S. The van der Waals surface area contributed by atoms with Crippen LogP contribution in [0.3, 0.4) is 0 Å². The number of rotatable bonds is 3. The van der Waals surface area contributed by atoms with E-state index >= 15 is 0 Å². The SMILES string of the molecule is C[C@@H](NC(=O)[C@H]1N2C(=O)c3ccccc3[C@H]2SC1(C)C)c1ccccc1. The van der Waals surface area contributed by atoms with E-state index in [2.05, 4.69) is 5.32 Å². The van der Waals surface area contributed by atoms with Gasteiger partial charge in [0.1, 0.15) is 11.4 Å². The van der Waals surface area contributed by atoms with Gasteiger partial charge in [0, 0.05) is 10.3 Å². The maximum Gasteiger partial charge on any atom is 0.256 e. The molecule has 5 heteroatoms. The van der Waals surface area contributed by atoms with Gasteiger partial charge in [0.15, 0.2) is 0 Å². The lowest BCUT2D eigenvalue weighted by Crippen LogP contribution is -2.52. The largest absolute Gasteiger partial charge is 0.348 e. The van der Waals surface area contributed by atoms with Crippen LogP contribution in [0, 0.1) is 0 Å². The number of hydrogen-bond donors (Lipinski definition) is 1. The predicted octanol–water partition coefficient (Wildman–Crippen LogP) is 3.91. The summed E-state index contributed by atoms with van der Waals surface area (Å²) < 4.78 is -0.353. The van der Waals surface area contributed by atoms with Gasteiger partial charge in [-0.15, -0.1) is 11.8 Å². The number of thioether (sulfide) groups is 1. The Morgan fingerprint density at radius 2 is 1.77 bits per heavy atom. The third-order valence-corrected chi connectivity index (χ3v) is 6.74. The van der Waals surface area contributed by atoms with Crippen molar-refractivity contribution >= 4 is 23.6 Å². The average Bonchev–Trinajstić information content (AvgIpc) is 3.06. The fourth-order valence-electron chi connectivity index (χ4n) is 3.92. The molecule has 3 atom stereocenters. The molecule has 1 saturated heterocycles. The maximum atomic E-state index is 13.2. The third-order valence-electron chi connectivity index (χ3n) is 5.20. The first-order chi connectivity index (χ1) is 12.4. The molecule has 0 spiro atoms. The zero-order valence-electron chi connectivity index (χ0n) is 15.1. The second kappa shape index (κ2) is 6.16. The van der Waals surface area contributed by atoms with Crippen LogP contribution >= 0.6 is 11.8 Å². The molecule has 4 nitrogen and oxygen atoms in total. The minimum absolute atomic E-state index is 0.0452. The number of carbonyl (C=O) groups is 2. The average molecular weight is 366 g/mol. The standard InChI is InChI=1S/C21H22N2O2S/c1-13(14-9-5-4-6-10-14)22-18(24)17-21(2,3)26-20-16-12-8-7-11-15(16)19(25)23(17)20/h4-13,17,20H,1-3H3,(H,22,24)/t13-,17-,20-/m1/s1. The van der Waals surface area contributed by atoms with Crippen molar-refractivity contribution in [3.05, 3.63) is 71.3 Å². The van der Waals surface area contributed by atoms with E-state index in [0.29, 0.717) is 0 Å². The van der Waals surface area contributed by atoms with Gasteiger partial charge in [-0.05, 0) is 38.0 Å². The highest BCUT2D eigenvalue weighted by molar-refractivity contribution is 8.01. The van der Waals surface area contributed by atoms with E-state index in [4.69, 9.17) is 0 Å². The van der Waals surface area contributed by atoms with Gasteiger partial charge >= 0.3 is 0 Å². The molecule has 0 bridgehead atoms. The summed E-state index contributed by atoms with van der Waals surface area (Å²) in [5.41, 5.74) is 2.79. The van der Waals surface area contributed by atoms with E-state index in [-0.39, 0.29) is 28.0 Å². The molecule has 134 valence electrons. The number of carbonyl (C=O) groups excluding carboxylic acids is 2. The highest BCUT2D eigenvalue weighted by atomic mass is 32.2. The highest BCUT2D eigenvalue weighted by Crippen LogP contribution is 2.56. The molecule has 0 radical (unpaired) electrons. The smallest absolute Gasteiger partial charge is 0.256 e. The second-order valence-electron chi connectivity index (χ2n) is 7.42. The van der Waals surface area contributed by atoms with Gasteiger partial charge in [0.2, 0.25) is 5.91 Å². The topological polar surface area (TPSA) is 49.4 Å². The van der Waals surface area contributed by atoms with Crippen LogP contribution in [0.5, 0.6) is 0 Å². The molecule has 2 aliphatic heterocycles. The summed E-state index contributed by atoms with van der Waals surface area (Å²) in [5.74, 6) is -0.140. The molecule has 0 saturated carbocycles. The van der Waals surface area contributed by atoms with E-state index in [9.17, 15) is 9.59 Å². The molecule has 2 amide bonds. The Kier molecular flexibility index (Phi) is 4.07. The number of benzene rings is 2. The zero-order valence-corrected chi connectivity index (χ0v) is 15.9. The summed E-state index contributed by atoms with van der Waals surface area (Å²) in [6, 6.07) is 17.0. The molecule has 26 heavy (non-hydrogen) atoms. The number of nitrogens with one attached hydrogen (secondary N) is 1. The molecule has 0 aromatic heterocycles. The van der Waals surface area contributed by atoms with E-state index in [1.54, 1.807) is 16.7 Å². The molecule has 1 fully saturated rings. The minimum atomic E-state index is -0.497. The van der Waals surface area contributed by atoms with Gasteiger partial charge in [0.05, 0.1) is 6.04 Å². The summed E-state index contributed by atoms with van der Waals surface area (Å²) in [6.45, 7) is 6.06. The molecule has 4 rings (SSSR count). The molecular weight excluding hydrogens is 344 g/mol. The Hall–Kier alpha value is -2.27. The second-order valence-corrected chi connectivity index (χ2v) is 9.15. The maximum absolute atomic E-state index is 13.2. The van der Waals surface area contributed by atoms with Crippen molar-refractivity contribution in [2.45, 2.75) is 43.0 Å². The fourth-order valence-corrected chi connectivity index (χ4v) is 5.51. The lowest BCUT2D eigenvalue weighted by atomic mass is 9.99. The third kappa shape index (κ3) is 2.62. The van der Waals surface area contributed by atoms with Crippen LogP contribution in [0.25, 0.3) is 0 Å². The van der Waals surface area contributed by atoms with Gasteiger partial charge in [0.25, 0.3) is 5.91 Å². The molecule has 0 aliphatic carbocycles. The molecule has 1 N–H and O–H groups in total. The lowest BCUT2D eigenvalue weighted by molar-refractivity contribution is -0.126. The summed E-state index contributed by atoms with van der Waals surface area (Å²) in [6.07, 6.45) is 0. The molecule has 2 aromatic carbocycles. The molecule has 2 aliphatic rings. The van der Waals surface area contributed by atoms with E-state index < -0.39 is 6.04 Å². The van der Waals surface area contributed by atoms with Crippen LogP contribution in [0.15, 0.2) is 54.6 Å². The van der Waals surface area contributed by atoms with Crippen LogP contribution in [0.2, 0.25) is 0 Å². The summed E-state index contributed by atoms with van der Waals surface area (Å²) >= 11 is 1.69. The number of amides is 2. The normalized spacial score (nSPS) is 24.1. The first kappa shape index (κ1) is 17.2. The zero-order chi connectivity index (χ0) is 18.5. The van der Waals surface area contributed by atoms with Crippen molar-refractivity contribution in [3.63, 3.8) is 0 Å². The predicted molar refractivity (Wildman–Crippen MR) is 104 cm³/mol. The monoisotopic (exact) mass is 366 g/mol. The Morgan fingerprint density at radius 1 is 1.12 bits per heavy atom. The van der Waals surface area contributed by atoms with Crippen LogP contribution in [0.4, 0.5) is 0 Å². The van der Waals surface area contributed by atoms with Crippen molar-refractivity contribution < 1.29 is 9.59 Å². The van der Waals surface area contributed by atoms with Gasteiger partial charge in [-0.3, -0.25) is 9.59 Å². The number of fused-ring (bicyclic) bond motifs is 3. The fraction of sp³-hybridized carbons (Fsp3) is 0.333. The van der Waals surface area contributed by atoms with Crippen molar-refractivity contribution in [1.29, 1.82) is 0 Å². The van der Waals surface area contributed by atoms with Crippen LogP contribution in [-0.2, 0) is 4.79 Å². The molecule has 2 heterocycles. The molecule has 0 unspecified atom stereocenters. The van der Waals surface area contributed by atoms with E-state index in [1.807, 2.05) is 75.4 Å². The Labute approximate surface area is 158 Å².